The topological polar surface area (TPSA) is 66.8 Å². The molecule has 0 aromatic heterocycles. The summed E-state index contributed by atoms with van der Waals surface area (Å²) >= 11 is 6.17. The molecular formula is C20H22ClNO4. The summed E-state index contributed by atoms with van der Waals surface area (Å²) in [5.74, 6) is -0.682. The standard InChI is InChI=1S/C20H22ClNO4/c1-14(11-16-5-3-4-6-18(16)21)20(25)22(2)12-15-7-9-17(10-8-15)26-13-19(23)24/h3-10,14H,11-13H2,1-2H3,(H,23,24). The van der Waals surface area contributed by atoms with E-state index in [-0.39, 0.29) is 18.4 Å². The SMILES string of the molecule is CC(Cc1ccccc1Cl)C(=O)N(C)Cc1ccc(OCC(=O)O)cc1. The Kier molecular flexibility index (Phi) is 7.04. The zero-order valence-electron chi connectivity index (χ0n) is 14.8. The molecule has 0 spiro atoms. The van der Waals surface area contributed by atoms with Crippen molar-refractivity contribution in [1.82, 2.24) is 4.90 Å². The van der Waals surface area contributed by atoms with Gasteiger partial charge in [-0.2, -0.15) is 0 Å². The molecule has 0 bridgehead atoms. The molecule has 1 unspecified atom stereocenters. The smallest absolute Gasteiger partial charge is 0.341 e. The molecule has 6 heteroatoms. The van der Waals surface area contributed by atoms with Crippen LogP contribution in [-0.2, 0) is 22.6 Å². The number of carbonyl (C=O) groups is 2. The van der Waals surface area contributed by atoms with Crippen LogP contribution in [0.15, 0.2) is 48.5 Å². The van der Waals surface area contributed by atoms with Crippen LogP contribution in [0.3, 0.4) is 0 Å². The third-order valence-corrected chi connectivity index (χ3v) is 4.36. The van der Waals surface area contributed by atoms with Gasteiger partial charge in [-0.3, -0.25) is 4.79 Å². The van der Waals surface area contributed by atoms with E-state index in [0.717, 1.165) is 11.1 Å². The molecule has 0 fully saturated rings. The average molecular weight is 376 g/mol. The summed E-state index contributed by atoms with van der Waals surface area (Å²) < 4.78 is 5.10. The minimum atomic E-state index is -1.02. The van der Waals surface area contributed by atoms with Crippen molar-refractivity contribution in [2.24, 2.45) is 5.92 Å². The number of benzene rings is 2. The van der Waals surface area contributed by atoms with Gasteiger partial charge < -0.3 is 14.7 Å². The number of aliphatic carboxylic acids is 1. The number of ether oxygens (including phenoxy) is 1. The van der Waals surface area contributed by atoms with E-state index < -0.39 is 5.97 Å². The van der Waals surface area contributed by atoms with Crippen molar-refractivity contribution in [3.63, 3.8) is 0 Å². The zero-order chi connectivity index (χ0) is 19.1. The van der Waals surface area contributed by atoms with Crippen LogP contribution in [0.2, 0.25) is 5.02 Å². The molecule has 1 N–H and O–H groups in total. The summed E-state index contributed by atoms with van der Waals surface area (Å²) in [4.78, 5) is 24.8. The fraction of sp³-hybridized carbons (Fsp3) is 0.300. The molecule has 138 valence electrons. The predicted octanol–water partition coefficient (Wildman–Crippen LogP) is 3.64. The molecular weight excluding hydrogens is 354 g/mol. The Morgan fingerprint density at radius 1 is 1.15 bits per heavy atom. The molecule has 0 heterocycles. The highest BCUT2D eigenvalue weighted by atomic mass is 35.5. The minimum absolute atomic E-state index is 0.0381. The highest BCUT2D eigenvalue weighted by molar-refractivity contribution is 6.31. The molecule has 0 radical (unpaired) electrons. The van der Waals surface area contributed by atoms with Gasteiger partial charge in [0.15, 0.2) is 6.61 Å². The van der Waals surface area contributed by atoms with Crippen LogP contribution < -0.4 is 4.74 Å². The van der Waals surface area contributed by atoms with Crippen LogP contribution >= 0.6 is 11.6 Å². The molecule has 0 saturated heterocycles. The molecule has 1 amide bonds. The van der Waals surface area contributed by atoms with Crippen molar-refractivity contribution < 1.29 is 19.4 Å². The molecule has 2 aromatic rings. The average Bonchev–Trinajstić information content (AvgIpc) is 2.62. The highest BCUT2D eigenvalue weighted by Gasteiger charge is 2.19. The van der Waals surface area contributed by atoms with Gasteiger partial charge in [0.25, 0.3) is 0 Å². The summed E-state index contributed by atoms with van der Waals surface area (Å²) in [5, 5.41) is 9.28. The second-order valence-corrected chi connectivity index (χ2v) is 6.62. The largest absolute Gasteiger partial charge is 0.482 e. The van der Waals surface area contributed by atoms with Gasteiger partial charge in [0.1, 0.15) is 5.75 Å². The molecule has 2 aromatic carbocycles. The van der Waals surface area contributed by atoms with Crippen molar-refractivity contribution in [2.75, 3.05) is 13.7 Å². The Morgan fingerprint density at radius 2 is 1.81 bits per heavy atom. The monoisotopic (exact) mass is 375 g/mol. The van der Waals surface area contributed by atoms with Gasteiger partial charge in [-0.05, 0) is 35.7 Å². The van der Waals surface area contributed by atoms with Gasteiger partial charge in [0.05, 0.1) is 0 Å². The molecule has 1 atom stereocenters. The second-order valence-electron chi connectivity index (χ2n) is 6.22. The summed E-state index contributed by atoms with van der Waals surface area (Å²) in [6.45, 7) is 1.98. The van der Waals surface area contributed by atoms with Crippen molar-refractivity contribution in [3.8, 4) is 5.75 Å². The lowest BCUT2D eigenvalue weighted by Gasteiger charge is -2.22. The summed E-state index contributed by atoms with van der Waals surface area (Å²) in [6, 6.07) is 14.6. The van der Waals surface area contributed by atoms with Crippen molar-refractivity contribution >= 4 is 23.5 Å². The van der Waals surface area contributed by atoms with E-state index in [2.05, 4.69) is 0 Å². The fourth-order valence-electron chi connectivity index (χ4n) is 2.65. The number of carbonyl (C=O) groups excluding carboxylic acids is 1. The van der Waals surface area contributed by atoms with Gasteiger partial charge in [-0.15, -0.1) is 0 Å². The number of hydrogen-bond acceptors (Lipinski definition) is 3. The molecule has 26 heavy (non-hydrogen) atoms. The molecule has 0 aliphatic heterocycles. The Bertz CT molecular complexity index is 761. The van der Waals surface area contributed by atoms with E-state index >= 15 is 0 Å². The van der Waals surface area contributed by atoms with Crippen LogP contribution in [0.25, 0.3) is 0 Å². The van der Waals surface area contributed by atoms with Gasteiger partial charge in [0.2, 0.25) is 5.91 Å². The van der Waals surface area contributed by atoms with Crippen LogP contribution in [0.5, 0.6) is 5.75 Å². The molecule has 2 rings (SSSR count). The van der Waals surface area contributed by atoms with Crippen LogP contribution in [-0.4, -0.2) is 35.5 Å². The lowest BCUT2D eigenvalue weighted by molar-refractivity contribution is -0.139. The number of amides is 1. The molecule has 0 saturated carbocycles. The van der Waals surface area contributed by atoms with Crippen molar-refractivity contribution in [3.05, 3.63) is 64.7 Å². The normalized spacial score (nSPS) is 11.7. The summed E-state index contributed by atoms with van der Waals surface area (Å²) in [6.07, 6.45) is 0.588. The lowest BCUT2D eigenvalue weighted by Crippen LogP contribution is -2.32. The van der Waals surface area contributed by atoms with Crippen LogP contribution in [0, 0.1) is 5.92 Å². The van der Waals surface area contributed by atoms with E-state index in [0.29, 0.717) is 23.7 Å². The number of halogens is 1. The lowest BCUT2D eigenvalue weighted by atomic mass is 9.99. The fourth-order valence-corrected chi connectivity index (χ4v) is 2.86. The minimum Gasteiger partial charge on any atom is -0.482 e. The number of carboxylic acids is 1. The van der Waals surface area contributed by atoms with E-state index in [1.807, 2.05) is 43.3 Å². The molecule has 0 aliphatic carbocycles. The zero-order valence-corrected chi connectivity index (χ0v) is 15.6. The number of hydrogen-bond donors (Lipinski definition) is 1. The Morgan fingerprint density at radius 3 is 2.42 bits per heavy atom. The van der Waals surface area contributed by atoms with Crippen LogP contribution in [0.4, 0.5) is 0 Å². The Hall–Kier alpha value is -2.53. The van der Waals surface area contributed by atoms with Crippen molar-refractivity contribution in [2.45, 2.75) is 19.9 Å². The van der Waals surface area contributed by atoms with Gasteiger partial charge >= 0.3 is 5.97 Å². The van der Waals surface area contributed by atoms with Crippen LogP contribution in [0.1, 0.15) is 18.1 Å². The van der Waals surface area contributed by atoms with E-state index in [1.165, 1.54) is 0 Å². The van der Waals surface area contributed by atoms with Gasteiger partial charge in [-0.1, -0.05) is 48.9 Å². The predicted molar refractivity (Wildman–Crippen MR) is 100 cm³/mol. The van der Waals surface area contributed by atoms with E-state index in [1.54, 1.807) is 24.1 Å². The maximum Gasteiger partial charge on any atom is 0.341 e. The second kappa shape index (κ2) is 9.25. The highest BCUT2D eigenvalue weighted by Crippen LogP contribution is 2.20. The summed E-state index contributed by atoms with van der Waals surface area (Å²) in [7, 11) is 1.76. The Balaban J connectivity index is 1.91. The first-order chi connectivity index (χ1) is 12.4. The summed E-state index contributed by atoms with van der Waals surface area (Å²) in [5.41, 5.74) is 1.90. The quantitative estimate of drug-likeness (QED) is 0.764. The van der Waals surface area contributed by atoms with Crippen molar-refractivity contribution in [1.29, 1.82) is 0 Å². The third-order valence-electron chi connectivity index (χ3n) is 3.99. The first kappa shape index (κ1) is 19.8. The molecule has 0 aliphatic rings. The van der Waals surface area contributed by atoms with Gasteiger partial charge in [0, 0.05) is 24.5 Å². The number of rotatable bonds is 8. The maximum atomic E-state index is 12.6. The number of nitrogens with zero attached hydrogens (tertiary/aromatic N) is 1. The van der Waals surface area contributed by atoms with E-state index in [4.69, 9.17) is 21.4 Å². The number of carboxylic acid groups (broad SMARTS) is 1. The Labute approximate surface area is 158 Å². The maximum absolute atomic E-state index is 12.6. The first-order valence-corrected chi connectivity index (χ1v) is 8.66. The van der Waals surface area contributed by atoms with Gasteiger partial charge in [-0.25, -0.2) is 4.79 Å². The molecule has 5 nitrogen and oxygen atoms in total. The van der Waals surface area contributed by atoms with E-state index in [9.17, 15) is 9.59 Å². The first-order valence-electron chi connectivity index (χ1n) is 8.28. The third kappa shape index (κ3) is 5.77.